The predicted molar refractivity (Wildman–Crippen MR) is 148 cm³/mol. The number of carbonyl (C=O) groups excluding carboxylic acids is 2. The van der Waals surface area contributed by atoms with E-state index in [0.29, 0.717) is 27.6 Å². The molecule has 0 heterocycles. The molecule has 39 heavy (non-hydrogen) atoms. The smallest absolute Gasteiger partial charge is 0.261 e. The minimum absolute atomic E-state index is 0.0561. The van der Waals surface area contributed by atoms with Crippen LogP contribution in [0.2, 0.25) is 5.02 Å². The second kappa shape index (κ2) is 13.4. The van der Waals surface area contributed by atoms with Gasteiger partial charge in [-0.05, 0) is 53.1 Å². The molecule has 4 aromatic carbocycles. The molecule has 2 amide bonds. The van der Waals surface area contributed by atoms with Gasteiger partial charge in [-0.25, -0.2) is 4.39 Å². The fourth-order valence-electron chi connectivity index (χ4n) is 4.03. The molecule has 0 aromatic heterocycles. The van der Waals surface area contributed by atoms with Crippen molar-refractivity contribution >= 4 is 23.4 Å². The molecule has 0 bridgehead atoms. The number of hydrogen-bond donors (Lipinski definition) is 1. The molecule has 0 saturated heterocycles. The zero-order chi connectivity index (χ0) is 27.6. The van der Waals surface area contributed by atoms with Gasteiger partial charge in [0.1, 0.15) is 23.4 Å². The molecule has 0 aliphatic carbocycles. The van der Waals surface area contributed by atoms with Crippen molar-refractivity contribution in [3.05, 3.63) is 131 Å². The van der Waals surface area contributed by atoms with Crippen LogP contribution in [0.4, 0.5) is 4.39 Å². The van der Waals surface area contributed by atoms with Crippen LogP contribution in [0.5, 0.6) is 11.5 Å². The van der Waals surface area contributed by atoms with Crippen molar-refractivity contribution in [2.45, 2.75) is 19.1 Å². The van der Waals surface area contributed by atoms with Crippen LogP contribution in [-0.4, -0.2) is 30.4 Å². The molecule has 0 aliphatic heterocycles. The topological polar surface area (TPSA) is 67.9 Å². The average Bonchev–Trinajstić information content (AvgIpc) is 2.97. The highest BCUT2D eigenvalue weighted by Crippen LogP contribution is 2.26. The lowest BCUT2D eigenvalue weighted by Gasteiger charge is -2.31. The van der Waals surface area contributed by atoms with Gasteiger partial charge in [-0.2, -0.15) is 0 Å². The van der Waals surface area contributed by atoms with E-state index in [1.807, 2.05) is 30.3 Å². The average molecular weight is 547 g/mol. The van der Waals surface area contributed by atoms with E-state index in [1.165, 1.54) is 17.0 Å². The number of nitrogens with one attached hydrogen (secondary N) is 1. The minimum Gasteiger partial charge on any atom is -0.497 e. The second-order valence-electron chi connectivity index (χ2n) is 8.75. The molecule has 6 nitrogen and oxygen atoms in total. The molecule has 0 radical (unpaired) electrons. The van der Waals surface area contributed by atoms with Crippen molar-refractivity contribution in [1.82, 2.24) is 10.2 Å². The van der Waals surface area contributed by atoms with Crippen LogP contribution in [0, 0.1) is 5.82 Å². The fraction of sp³-hybridized carbons (Fsp3) is 0.161. The van der Waals surface area contributed by atoms with E-state index in [4.69, 9.17) is 21.1 Å². The van der Waals surface area contributed by atoms with E-state index in [0.717, 1.165) is 5.56 Å². The minimum atomic E-state index is -0.975. The van der Waals surface area contributed by atoms with Crippen LogP contribution >= 0.6 is 11.6 Å². The molecule has 8 heteroatoms. The van der Waals surface area contributed by atoms with Crippen LogP contribution in [-0.2, 0) is 22.7 Å². The summed E-state index contributed by atoms with van der Waals surface area (Å²) >= 11 is 6.20. The van der Waals surface area contributed by atoms with E-state index < -0.39 is 17.8 Å². The SMILES string of the molecule is COc1ccc(CNC(=O)C(c2ccccc2)N(Cc2ccc(F)cc2)C(=O)COc2ccccc2Cl)cc1. The molecule has 0 fully saturated rings. The van der Waals surface area contributed by atoms with Gasteiger partial charge >= 0.3 is 0 Å². The Bertz CT molecular complexity index is 1380. The van der Waals surface area contributed by atoms with Gasteiger partial charge in [-0.3, -0.25) is 9.59 Å². The highest BCUT2D eigenvalue weighted by molar-refractivity contribution is 6.32. The molecule has 4 rings (SSSR count). The normalized spacial score (nSPS) is 11.4. The van der Waals surface area contributed by atoms with Gasteiger partial charge in [0.25, 0.3) is 5.91 Å². The lowest BCUT2D eigenvalue weighted by Crippen LogP contribution is -2.45. The Balaban J connectivity index is 1.62. The Morgan fingerprint density at radius 1 is 0.872 bits per heavy atom. The van der Waals surface area contributed by atoms with E-state index in [-0.39, 0.29) is 25.6 Å². The summed E-state index contributed by atoms with van der Waals surface area (Å²) in [7, 11) is 1.59. The standard InChI is InChI=1S/C31H28ClFN2O4/c1-38-26-17-13-22(14-18-26)19-34-31(37)30(24-7-3-2-4-8-24)35(20-23-11-15-25(33)16-12-23)29(36)21-39-28-10-6-5-9-27(28)32/h2-18,30H,19-21H2,1H3,(H,34,37). The molecule has 1 atom stereocenters. The van der Waals surface area contributed by atoms with Crippen molar-refractivity contribution in [3.63, 3.8) is 0 Å². The van der Waals surface area contributed by atoms with E-state index >= 15 is 0 Å². The third kappa shape index (κ3) is 7.58. The van der Waals surface area contributed by atoms with E-state index in [2.05, 4.69) is 5.32 Å². The van der Waals surface area contributed by atoms with Gasteiger partial charge in [0, 0.05) is 13.1 Å². The Hall–Kier alpha value is -4.36. The first-order valence-electron chi connectivity index (χ1n) is 12.3. The zero-order valence-electron chi connectivity index (χ0n) is 21.3. The molecule has 0 saturated carbocycles. The Labute approximate surface area is 231 Å². The summed E-state index contributed by atoms with van der Waals surface area (Å²) < 4.78 is 24.5. The molecule has 200 valence electrons. The number of para-hydroxylation sites is 1. The summed E-state index contributed by atoms with van der Waals surface area (Å²) in [5, 5.41) is 3.32. The number of nitrogens with zero attached hydrogens (tertiary/aromatic N) is 1. The van der Waals surface area contributed by atoms with Crippen LogP contribution in [0.15, 0.2) is 103 Å². The van der Waals surface area contributed by atoms with Crippen molar-refractivity contribution in [1.29, 1.82) is 0 Å². The number of methoxy groups -OCH3 is 1. The molecular formula is C31H28ClFN2O4. The van der Waals surface area contributed by atoms with Crippen LogP contribution in [0.25, 0.3) is 0 Å². The first-order valence-corrected chi connectivity index (χ1v) is 12.7. The number of hydrogen-bond acceptors (Lipinski definition) is 4. The number of benzene rings is 4. The molecule has 0 aliphatic rings. The maximum absolute atomic E-state index is 13.7. The predicted octanol–water partition coefficient (Wildman–Crippen LogP) is 5.95. The molecule has 4 aromatic rings. The number of rotatable bonds is 11. The van der Waals surface area contributed by atoms with Gasteiger partial charge in [0.15, 0.2) is 6.61 Å². The highest BCUT2D eigenvalue weighted by atomic mass is 35.5. The first-order chi connectivity index (χ1) is 18.9. The van der Waals surface area contributed by atoms with E-state index in [1.54, 1.807) is 67.8 Å². The van der Waals surface area contributed by atoms with Crippen LogP contribution < -0.4 is 14.8 Å². The van der Waals surface area contributed by atoms with Crippen LogP contribution in [0.1, 0.15) is 22.7 Å². The molecule has 0 spiro atoms. The van der Waals surface area contributed by atoms with E-state index in [9.17, 15) is 14.0 Å². The number of amides is 2. The maximum atomic E-state index is 13.7. The lowest BCUT2D eigenvalue weighted by molar-refractivity contribution is -0.143. The van der Waals surface area contributed by atoms with Crippen molar-refractivity contribution < 1.29 is 23.5 Å². The molecular weight excluding hydrogens is 519 g/mol. The van der Waals surface area contributed by atoms with Crippen molar-refractivity contribution in [2.75, 3.05) is 13.7 Å². The summed E-state index contributed by atoms with van der Waals surface area (Å²) in [5.41, 5.74) is 2.15. The van der Waals surface area contributed by atoms with Crippen molar-refractivity contribution in [3.8, 4) is 11.5 Å². The second-order valence-corrected chi connectivity index (χ2v) is 9.15. The zero-order valence-corrected chi connectivity index (χ0v) is 22.1. The highest BCUT2D eigenvalue weighted by Gasteiger charge is 2.32. The van der Waals surface area contributed by atoms with Gasteiger partial charge in [0.2, 0.25) is 5.91 Å². The third-order valence-electron chi connectivity index (χ3n) is 6.08. The van der Waals surface area contributed by atoms with Gasteiger partial charge in [-0.15, -0.1) is 0 Å². The van der Waals surface area contributed by atoms with Gasteiger partial charge in [0.05, 0.1) is 12.1 Å². The molecule has 1 unspecified atom stereocenters. The van der Waals surface area contributed by atoms with Gasteiger partial charge in [-0.1, -0.05) is 78.3 Å². The Morgan fingerprint density at radius 2 is 1.51 bits per heavy atom. The molecule has 1 N–H and O–H groups in total. The summed E-state index contributed by atoms with van der Waals surface area (Å²) in [6, 6.07) is 28.0. The summed E-state index contributed by atoms with van der Waals surface area (Å²) in [6.45, 7) is -0.0403. The third-order valence-corrected chi connectivity index (χ3v) is 6.39. The number of carbonyl (C=O) groups is 2. The maximum Gasteiger partial charge on any atom is 0.261 e. The number of halogens is 2. The monoisotopic (exact) mass is 546 g/mol. The summed E-state index contributed by atoms with van der Waals surface area (Å²) in [5.74, 6) is -0.135. The van der Waals surface area contributed by atoms with Crippen LogP contribution in [0.3, 0.4) is 0 Å². The fourth-order valence-corrected chi connectivity index (χ4v) is 4.22. The summed E-state index contributed by atoms with van der Waals surface area (Å²) in [6.07, 6.45) is 0. The van der Waals surface area contributed by atoms with Crippen molar-refractivity contribution in [2.24, 2.45) is 0 Å². The number of ether oxygens (including phenoxy) is 2. The summed E-state index contributed by atoms with van der Waals surface area (Å²) in [4.78, 5) is 28.8. The van der Waals surface area contributed by atoms with Gasteiger partial charge < -0.3 is 19.7 Å². The Kier molecular flexibility index (Phi) is 9.53. The Morgan fingerprint density at radius 3 is 2.18 bits per heavy atom. The first kappa shape index (κ1) is 27.7. The quantitative estimate of drug-likeness (QED) is 0.252. The lowest BCUT2D eigenvalue weighted by atomic mass is 10.0. The largest absolute Gasteiger partial charge is 0.497 e.